The van der Waals surface area contributed by atoms with Crippen LogP contribution >= 0.6 is 11.6 Å². The van der Waals surface area contributed by atoms with Crippen molar-refractivity contribution in [3.63, 3.8) is 0 Å². The fourth-order valence-corrected chi connectivity index (χ4v) is 2.66. The van der Waals surface area contributed by atoms with Gasteiger partial charge in [0.05, 0.1) is 11.8 Å². The zero-order chi connectivity index (χ0) is 14.4. The molecule has 1 aliphatic rings. The third kappa shape index (κ3) is 2.45. The van der Waals surface area contributed by atoms with Crippen LogP contribution in [-0.4, -0.2) is 17.0 Å². The largest absolute Gasteiger partial charge is 0.481 e. The lowest BCUT2D eigenvalue weighted by molar-refractivity contribution is -0.140. The van der Waals surface area contributed by atoms with Crippen LogP contribution < -0.4 is 5.32 Å². The number of hydrogen-bond acceptors (Lipinski definition) is 2. The topological polar surface area (TPSA) is 66.4 Å². The van der Waals surface area contributed by atoms with E-state index in [2.05, 4.69) is 5.32 Å². The first-order valence-electron chi connectivity index (χ1n) is 6.05. The van der Waals surface area contributed by atoms with Gasteiger partial charge in [0.15, 0.2) is 0 Å². The standard InChI is InChI=1S/C14H16ClNO3/c1-7-4-5-8(6-9(7)15)16-12(17)10-11(13(18)19)14(10,2)3/h4-6,10-11H,1-3H3,(H,16,17)(H,18,19). The van der Waals surface area contributed by atoms with Gasteiger partial charge in [-0.05, 0) is 30.0 Å². The number of carbonyl (C=O) groups is 2. The van der Waals surface area contributed by atoms with Gasteiger partial charge in [0.25, 0.3) is 0 Å². The number of halogens is 1. The molecule has 4 nitrogen and oxygen atoms in total. The number of carbonyl (C=O) groups excluding carboxylic acids is 1. The molecule has 5 heteroatoms. The Morgan fingerprint density at radius 1 is 1.32 bits per heavy atom. The van der Waals surface area contributed by atoms with E-state index >= 15 is 0 Å². The normalized spacial score (nSPS) is 23.8. The predicted octanol–water partition coefficient (Wildman–Crippen LogP) is 2.94. The number of carboxylic acid groups (broad SMARTS) is 1. The molecule has 0 saturated heterocycles. The fourth-order valence-electron chi connectivity index (χ4n) is 2.48. The molecule has 0 bridgehead atoms. The molecule has 0 radical (unpaired) electrons. The summed E-state index contributed by atoms with van der Waals surface area (Å²) < 4.78 is 0. The van der Waals surface area contributed by atoms with Crippen LogP contribution in [0.5, 0.6) is 0 Å². The molecule has 1 fully saturated rings. The highest BCUT2D eigenvalue weighted by molar-refractivity contribution is 6.31. The summed E-state index contributed by atoms with van der Waals surface area (Å²) >= 11 is 5.98. The highest BCUT2D eigenvalue weighted by Gasteiger charge is 2.65. The van der Waals surface area contributed by atoms with Gasteiger partial charge in [-0.1, -0.05) is 31.5 Å². The second-order valence-electron chi connectivity index (χ2n) is 5.57. The van der Waals surface area contributed by atoms with E-state index in [0.29, 0.717) is 10.7 Å². The molecule has 1 amide bonds. The molecule has 1 aliphatic carbocycles. The van der Waals surface area contributed by atoms with Crippen molar-refractivity contribution in [1.29, 1.82) is 0 Å². The Balaban J connectivity index is 2.10. The van der Waals surface area contributed by atoms with E-state index in [1.165, 1.54) is 0 Å². The van der Waals surface area contributed by atoms with Gasteiger partial charge in [-0.3, -0.25) is 9.59 Å². The molecule has 1 aromatic rings. The molecule has 1 saturated carbocycles. The summed E-state index contributed by atoms with van der Waals surface area (Å²) in [4.78, 5) is 23.1. The van der Waals surface area contributed by atoms with Crippen molar-refractivity contribution in [3.8, 4) is 0 Å². The summed E-state index contributed by atoms with van der Waals surface area (Å²) in [6.45, 7) is 5.45. The van der Waals surface area contributed by atoms with Gasteiger partial charge in [0.1, 0.15) is 0 Å². The molecule has 1 aromatic carbocycles. The highest BCUT2D eigenvalue weighted by atomic mass is 35.5. The van der Waals surface area contributed by atoms with Gasteiger partial charge in [-0.15, -0.1) is 0 Å². The maximum absolute atomic E-state index is 12.1. The van der Waals surface area contributed by atoms with E-state index in [0.717, 1.165) is 5.56 Å². The van der Waals surface area contributed by atoms with Crippen molar-refractivity contribution in [3.05, 3.63) is 28.8 Å². The molecule has 2 N–H and O–H groups in total. The average molecular weight is 282 g/mol. The maximum Gasteiger partial charge on any atom is 0.307 e. The van der Waals surface area contributed by atoms with Crippen molar-refractivity contribution < 1.29 is 14.7 Å². The smallest absolute Gasteiger partial charge is 0.307 e. The van der Waals surface area contributed by atoms with Crippen molar-refractivity contribution in [2.45, 2.75) is 20.8 Å². The molecule has 19 heavy (non-hydrogen) atoms. The summed E-state index contributed by atoms with van der Waals surface area (Å²) in [6, 6.07) is 5.23. The number of hydrogen-bond donors (Lipinski definition) is 2. The number of rotatable bonds is 3. The van der Waals surface area contributed by atoms with Crippen LogP contribution in [-0.2, 0) is 9.59 Å². The summed E-state index contributed by atoms with van der Waals surface area (Å²) in [7, 11) is 0. The molecular weight excluding hydrogens is 266 g/mol. The van der Waals surface area contributed by atoms with Gasteiger partial charge >= 0.3 is 5.97 Å². The lowest BCUT2D eigenvalue weighted by Crippen LogP contribution is -2.17. The summed E-state index contributed by atoms with van der Waals surface area (Å²) in [5.74, 6) is -2.30. The minimum atomic E-state index is -0.924. The monoisotopic (exact) mass is 281 g/mol. The van der Waals surface area contributed by atoms with Crippen LogP contribution in [0.3, 0.4) is 0 Å². The Hall–Kier alpha value is -1.55. The molecule has 102 valence electrons. The van der Waals surface area contributed by atoms with E-state index < -0.39 is 23.2 Å². The molecule has 2 unspecified atom stereocenters. The van der Waals surface area contributed by atoms with Crippen LogP contribution in [0.1, 0.15) is 19.4 Å². The number of aryl methyl sites for hydroxylation is 1. The Kier molecular flexibility index (Phi) is 3.31. The predicted molar refractivity (Wildman–Crippen MR) is 73.2 cm³/mol. The Morgan fingerprint density at radius 2 is 1.95 bits per heavy atom. The van der Waals surface area contributed by atoms with E-state index in [1.54, 1.807) is 26.0 Å². The number of anilines is 1. The van der Waals surface area contributed by atoms with Crippen LogP contribution in [0.25, 0.3) is 0 Å². The fraction of sp³-hybridized carbons (Fsp3) is 0.429. The maximum atomic E-state index is 12.1. The third-order valence-corrected chi connectivity index (χ3v) is 4.22. The van der Waals surface area contributed by atoms with Crippen molar-refractivity contribution >= 4 is 29.2 Å². The number of nitrogens with one attached hydrogen (secondary N) is 1. The molecule has 2 atom stereocenters. The van der Waals surface area contributed by atoms with E-state index in [1.807, 2.05) is 13.0 Å². The number of amides is 1. The minimum absolute atomic E-state index is 0.266. The van der Waals surface area contributed by atoms with E-state index in [4.69, 9.17) is 16.7 Å². The van der Waals surface area contributed by atoms with Crippen molar-refractivity contribution in [2.75, 3.05) is 5.32 Å². The zero-order valence-corrected chi connectivity index (χ0v) is 11.8. The third-order valence-electron chi connectivity index (χ3n) is 3.82. The van der Waals surface area contributed by atoms with Crippen molar-refractivity contribution in [2.24, 2.45) is 17.3 Å². The molecule has 0 aliphatic heterocycles. The average Bonchev–Trinajstić information content (AvgIpc) is 2.87. The van der Waals surface area contributed by atoms with Crippen LogP contribution in [0.15, 0.2) is 18.2 Å². The first-order valence-corrected chi connectivity index (χ1v) is 6.42. The highest BCUT2D eigenvalue weighted by Crippen LogP contribution is 2.58. The Morgan fingerprint density at radius 3 is 2.42 bits per heavy atom. The lowest BCUT2D eigenvalue weighted by Gasteiger charge is -2.07. The van der Waals surface area contributed by atoms with Gasteiger partial charge in [-0.25, -0.2) is 0 Å². The molecule has 0 heterocycles. The second-order valence-corrected chi connectivity index (χ2v) is 5.98. The summed E-state index contributed by atoms with van der Waals surface area (Å²) in [5, 5.41) is 12.4. The zero-order valence-electron chi connectivity index (χ0n) is 11.0. The summed E-state index contributed by atoms with van der Waals surface area (Å²) in [6.07, 6.45) is 0. The first kappa shape index (κ1) is 13.9. The van der Waals surface area contributed by atoms with Crippen LogP contribution in [0.2, 0.25) is 5.02 Å². The molecule has 2 rings (SSSR count). The Bertz CT molecular complexity index is 554. The van der Waals surface area contributed by atoms with Crippen LogP contribution in [0.4, 0.5) is 5.69 Å². The number of benzene rings is 1. The van der Waals surface area contributed by atoms with E-state index in [-0.39, 0.29) is 5.91 Å². The van der Waals surface area contributed by atoms with Gasteiger partial charge in [0.2, 0.25) is 5.91 Å². The van der Waals surface area contributed by atoms with Gasteiger partial charge < -0.3 is 10.4 Å². The van der Waals surface area contributed by atoms with E-state index in [9.17, 15) is 9.59 Å². The molecule has 0 aromatic heterocycles. The van der Waals surface area contributed by atoms with Gasteiger partial charge in [-0.2, -0.15) is 0 Å². The quantitative estimate of drug-likeness (QED) is 0.895. The van der Waals surface area contributed by atoms with Crippen molar-refractivity contribution in [1.82, 2.24) is 0 Å². The SMILES string of the molecule is Cc1ccc(NC(=O)C2C(C(=O)O)C2(C)C)cc1Cl. The molecular formula is C14H16ClNO3. The Labute approximate surface area is 116 Å². The minimum Gasteiger partial charge on any atom is -0.481 e. The first-order chi connectivity index (χ1) is 8.75. The van der Waals surface area contributed by atoms with Gasteiger partial charge in [0, 0.05) is 10.7 Å². The second kappa shape index (κ2) is 4.53. The number of aliphatic carboxylic acids is 1. The van der Waals surface area contributed by atoms with Crippen LogP contribution in [0, 0.1) is 24.2 Å². The number of carboxylic acids is 1. The summed E-state index contributed by atoms with van der Waals surface area (Å²) in [5.41, 5.74) is 1.02. The molecule has 0 spiro atoms. The lowest BCUT2D eigenvalue weighted by atomic mass is 10.1.